The van der Waals surface area contributed by atoms with Crippen LogP contribution in [0.4, 0.5) is 0 Å². The lowest BCUT2D eigenvalue weighted by Gasteiger charge is -2.15. The first-order valence-electron chi connectivity index (χ1n) is 4.90. The van der Waals surface area contributed by atoms with Gasteiger partial charge in [0.1, 0.15) is 6.61 Å². The number of ether oxygens (including phenoxy) is 1. The zero-order valence-corrected chi connectivity index (χ0v) is 8.96. The van der Waals surface area contributed by atoms with Gasteiger partial charge < -0.3 is 10.1 Å². The van der Waals surface area contributed by atoms with Crippen LogP contribution in [-0.4, -0.2) is 19.1 Å². The molecule has 3 nitrogen and oxygen atoms in total. The quantitative estimate of drug-likeness (QED) is 0.793. The third-order valence-electron chi connectivity index (χ3n) is 2.40. The fourth-order valence-electron chi connectivity index (χ4n) is 1.63. The van der Waals surface area contributed by atoms with Gasteiger partial charge in [-0.3, -0.25) is 4.79 Å². The molecule has 1 unspecified atom stereocenters. The summed E-state index contributed by atoms with van der Waals surface area (Å²) in [6.45, 7) is 0.741. The van der Waals surface area contributed by atoms with Crippen LogP contribution in [-0.2, 0) is 9.53 Å². The second-order valence-electron chi connectivity index (χ2n) is 3.46. The van der Waals surface area contributed by atoms with Gasteiger partial charge in [-0.15, -0.1) is 0 Å². The van der Waals surface area contributed by atoms with Crippen molar-refractivity contribution in [2.75, 3.05) is 13.2 Å². The maximum absolute atomic E-state index is 11.1. The van der Waals surface area contributed by atoms with Gasteiger partial charge >= 0.3 is 0 Å². The number of halogens is 1. The number of hydrogen-bond donors (Lipinski definition) is 1. The fraction of sp³-hybridized carbons (Fsp3) is 0.364. The van der Waals surface area contributed by atoms with Gasteiger partial charge in [-0.2, -0.15) is 0 Å². The Labute approximate surface area is 93.4 Å². The van der Waals surface area contributed by atoms with Gasteiger partial charge in [0, 0.05) is 11.6 Å². The minimum absolute atomic E-state index is 0.0652. The molecule has 1 amide bonds. The van der Waals surface area contributed by atoms with E-state index >= 15 is 0 Å². The molecule has 1 aliphatic rings. The van der Waals surface area contributed by atoms with Crippen LogP contribution < -0.4 is 5.32 Å². The Morgan fingerprint density at radius 2 is 2.20 bits per heavy atom. The van der Waals surface area contributed by atoms with Crippen LogP contribution in [0.1, 0.15) is 18.1 Å². The monoisotopic (exact) mass is 225 g/mol. The van der Waals surface area contributed by atoms with E-state index in [1.165, 1.54) is 0 Å². The summed E-state index contributed by atoms with van der Waals surface area (Å²) in [7, 11) is 0. The van der Waals surface area contributed by atoms with Crippen LogP contribution in [0.5, 0.6) is 0 Å². The number of amides is 1. The molecular formula is C11H12ClNO2. The van der Waals surface area contributed by atoms with Crippen LogP contribution in [0.25, 0.3) is 0 Å². The number of rotatable bonds is 1. The molecule has 1 heterocycles. The van der Waals surface area contributed by atoms with Crippen LogP contribution >= 0.6 is 11.6 Å². The van der Waals surface area contributed by atoms with Crippen molar-refractivity contribution >= 4 is 17.5 Å². The van der Waals surface area contributed by atoms with E-state index in [0.717, 1.165) is 12.0 Å². The zero-order valence-electron chi connectivity index (χ0n) is 8.20. The van der Waals surface area contributed by atoms with E-state index in [1.807, 2.05) is 24.3 Å². The van der Waals surface area contributed by atoms with Gasteiger partial charge in [0.15, 0.2) is 0 Å². The molecule has 1 aliphatic heterocycles. The highest BCUT2D eigenvalue weighted by atomic mass is 35.5. The van der Waals surface area contributed by atoms with Gasteiger partial charge in [-0.05, 0) is 18.1 Å². The van der Waals surface area contributed by atoms with Gasteiger partial charge in [0.2, 0.25) is 5.91 Å². The Bertz CT molecular complexity index is 367. The van der Waals surface area contributed by atoms with Crippen LogP contribution in [0.2, 0.25) is 5.02 Å². The third-order valence-corrected chi connectivity index (χ3v) is 2.74. The van der Waals surface area contributed by atoms with E-state index in [9.17, 15) is 4.79 Å². The molecule has 2 rings (SSSR count). The summed E-state index contributed by atoms with van der Waals surface area (Å²) >= 11 is 6.06. The molecular weight excluding hydrogens is 214 g/mol. The predicted molar refractivity (Wildman–Crippen MR) is 57.8 cm³/mol. The lowest BCUT2D eigenvalue weighted by atomic mass is 10.1. The maximum atomic E-state index is 11.1. The topological polar surface area (TPSA) is 38.3 Å². The number of carbonyl (C=O) groups excluding carboxylic acids is 1. The molecule has 1 fully saturated rings. The molecule has 0 spiro atoms. The summed E-state index contributed by atoms with van der Waals surface area (Å²) in [6, 6.07) is 7.57. The molecule has 15 heavy (non-hydrogen) atoms. The minimum atomic E-state index is -0.0855. The van der Waals surface area contributed by atoms with Gasteiger partial charge in [0.05, 0.1) is 6.10 Å². The number of benzene rings is 1. The summed E-state index contributed by atoms with van der Waals surface area (Å²) in [5.74, 6) is -0.0652. The molecule has 1 atom stereocenters. The van der Waals surface area contributed by atoms with Gasteiger partial charge in [-0.25, -0.2) is 0 Å². The first-order valence-corrected chi connectivity index (χ1v) is 5.28. The molecule has 0 saturated carbocycles. The van der Waals surface area contributed by atoms with Crippen molar-refractivity contribution < 1.29 is 9.53 Å². The molecule has 1 aromatic rings. The highest BCUT2D eigenvalue weighted by Gasteiger charge is 2.19. The van der Waals surface area contributed by atoms with E-state index in [2.05, 4.69) is 5.32 Å². The largest absolute Gasteiger partial charge is 0.364 e. The SMILES string of the molecule is O=C1COC(c2ccccc2Cl)CCN1. The Hall–Kier alpha value is -1.06. The normalized spacial score (nSPS) is 21.9. The predicted octanol–water partition coefficient (Wildman–Crippen LogP) is 1.92. The van der Waals surface area contributed by atoms with Crippen molar-refractivity contribution in [3.63, 3.8) is 0 Å². The summed E-state index contributed by atoms with van der Waals surface area (Å²) < 4.78 is 5.49. The average Bonchev–Trinajstić information content (AvgIpc) is 2.44. The Morgan fingerprint density at radius 3 is 3.00 bits per heavy atom. The molecule has 1 aromatic carbocycles. The van der Waals surface area contributed by atoms with Crippen molar-refractivity contribution in [3.05, 3.63) is 34.9 Å². The highest BCUT2D eigenvalue weighted by molar-refractivity contribution is 6.31. The molecule has 0 bridgehead atoms. The molecule has 0 radical (unpaired) electrons. The second-order valence-corrected chi connectivity index (χ2v) is 3.87. The standard InChI is InChI=1S/C11H12ClNO2/c12-9-4-2-1-3-8(9)10-5-6-13-11(14)7-15-10/h1-4,10H,5-7H2,(H,13,14). The molecule has 0 aliphatic carbocycles. The van der Waals surface area contributed by atoms with E-state index < -0.39 is 0 Å². The Balaban J connectivity index is 2.16. The van der Waals surface area contributed by atoms with Crippen LogP contribution in [0.3, 0.4) is 0 Å². The number of hydrogen-bond acceptors (Lipinski definition) is 2. The van der Waals surface area contributed by atoms with E-state index in [1.54, 1.807) is 0 Å². The van der Waals surface area contributed by atoms with Crippen molar-refractivity contribution in [2.24, 2.45) is 0 Å². The van der Waals surface area contributed by atoms with Crippen molar-refractivity contribution in [1.29, 1.82) is 0 Å². The maximum Gasteiger partial charge on any atom is 0.246 e. The molecule has 4 heteroatoms. The smallest absolute Gasteiger partial charge is 0.246 e. The molecule has 0 aromatic heterocycles. The second kappa shape index (κ2) is 4.64. The van der Waals surface area contributed by atoms with Crippen LogP contribution in [0, 0.1) is 0 Å². The molecule has 80 valence electrons. The van der Waals surface area contributed by atoms with E-state index in [0.29, 0.717) is 11.6 Å². The first-order chi connectivity index (χ1) is 7.27. The lowest BCUT2D eigenvalue weighted by Crippen LogP contribution is -2.24. The van der Waals surface area contributed by atoms with Crippen molar-refractivity contribution in [1.82, 2.24) is 5.32 Å². The van der Waals surface area contributed by atoms with E-state index in [4.69, 9.17) is 16.3 Å². The average molecular weight is 226 g/mol. The van der Waals surface area contributed by atoms with Crippen molar-refractivity contribution in [3.8, 4) is 0 Å². The summed E-state index contributed by atoms with van der Waals surface area (Å²) in [5, 5.41) is 3.45. The number of nitrogens with one attached hydrogen (secondary N) is 1. The number of carbonyl (C=O) groups is 1. The fourth-order valence-corrected chi connectivity index (χ4v) is 1.89. The van der Waals surface area contributed by atoms with Crippen molar-refractivity contribution in [2.45, 2.75) is 12.5 Å². The highest BCUT2D eigenvalue weighted by Crippen LogP contribution is 2.28. The first kappa shape index (κ1) is 10.5. The Morgan fingerprint density at radius 1 is 1.40 bits per heavy atom. The van der Waals surface area contributed by atoms with E-state index in [-0.39, 0.29) is 18.6 Å². The van der Waals surface area contributed by atoms with Gasteiger partial charge in [-0.1, -0.05) is 29.8 Å². The minimum Gasteiger partial charge on any atom is -0.364 e. The molecule has 1 N–H and O–H groups in total. The molecule has 1 saturated heterocycles. The zero-order chi connectivity index (χ0) is 10.7. The summed E-state index contributed by atoms with van der Waals surface area (Å²) in [5.41, 5.74) is 0.954. The third kappa shape index (κ3) is 2.49. The lowest BCUT2D eigenvalue weighted by molar-refractivity contribution is -0.125. The summed E-state index contributed by atoms with van der Waals surface area (Å²) in [4.78, 5) is 11.1. The Kier molecular flexibility index (Phi) is 3.23. The van der Waals surface area contributed by atoms with Gasteiger partial charge in [0.25, 0.3) is 0 Å². The van der Waals surface area contributed by atoms with Crippen LogP contribution in [0.15, 0.2) is 24.3 Å². The summed E-state index contributed by atoms with van der Waals surface area (Å²) in [6.07, 6.45) is 0.674.